The van der Waals surface area contributed by atoms with Crippen molar-refractivity contribution in [1.29, 1.82) is 0 Å². The zero-order valence-corrected chi connectivity index (χ0v) is 23.3. The zero-order valence-electron chi connectivity index (χ0n) is 21.8. The first kappa shape index (κ1) is 26.8. The third-order valence-corrected chi connectivity index (χ3v) is 8.25. The number of rotatable bonds is 9. The van der Waals surface area contributed by atoms with Crippen LogP contribution in [-0.4, -0.2) is 48.4 Å². The number of methoxy groups -OCH3 is 1. The number of carbonyl (C=O) groups excluding carboxylic acids is 2. The molecule has 2 aromatic heterocycles. The van der Waals surface area contributed by atoms with Crippen LogP contribution in [0, 0.1) is 6.92 Å². The summed E-state index contributed by atoms with van der Waals surface area (Å²) in [6.45, 7) is 2.84. The van der Waals surface area contributed by atoms with Crippen molar-refractivity contribution in [3.63, 3.8) is 0 Å². The molecule has 0 aliphatic carbocycles. The van der Waals surface area contributed by atoms with Crippen LogP contribution < -0.4 is 9.47 Å². The number of nitrogens with zero attached hydrogens (tertiary/aromatic N) is 2. The number of benzene rings is 2. The van der Waals surface area contributed by atoms with E-state index >= 15 is 0 Å². The highest BCUT2D eigenvalue weighted by Crippen LogP contribution is 2.34. The summed E-state index contributed by atoms with van der Waals surface area (Å²) in [6, 6.07) is 17.7. The van der Waals surface area contributed by atoms with Crippen LogP contribution in [0.5, 0.6) is 11.5 Å². The fraction of sp³-hybridized carbons (Fsp3) is 0.267. The Morgan fingerprint density at radius 1 is 1.13 bits per heavy atom. The van der Waals surface area contributed by atoms with Gasteiger partial charge in [-0.15, -0.1) is 11.3 Å². The minimum absolute atomic E-state index is 0.0956. The minimum atomic E-state index is -0.273. The van der Waals surface area contributed by atoms with Gasteiger partial charge in [0.15, 0.2) is 0 Å². The molecule has 0 spiro atoms. The van der Waals surface area contributed by atoms with Crippen molar-refractivity contribution in [2.45, 2.75) is 25.9 Å². The van der Waals surface area contributed by atoms with Crippen molar-refractivity contribution in [2.24, 2.45) is 0 Å². The lowest BCUT2D eigenvalue weighted by atomic mass is 10.00. The number of amides is 2. The summed E-state index contributed by atoms with van der Waals surface area (Å²) in [4.78, 5) is 32.0. The molecular weight excluding hydrogens is 536 g/mol. The van der Waals surface area contributed by atoms with Gasteiger partial charge in [-0.3, -0.25) is 9.59 Å². The van der Waals surface area contributed by atoms with Gasteiger partial charge in [-0.1, -0.05) is 11.6 Å². The van der Waals surface area contributed by atoms with E-state index < -0.39 is 0 Å². The van der Waals surface area contributed by atoms with Crippen molar-refractivity contribution in [3.05, 3.63) is 105 Å². The second-order valence-electron chi connectivity index (χ2n) is 9.34. The number of thiophene rings is 1. The second-order valence-corrected chi connectivity index (χ2v) is 10.8. The largest absolute Gasteiger partial charge is 0.497 e. The Morgan fingerprint density at radius 3 is 2.64 bits per heavy atom. The number of carbonyl (C=O) groups is 2. The van der Waals surface area contributed by atoms with Crippen LogP contribution in [0.1, 0.15) is 38.2 Å². The molecule has 0 N–H and O–H groups in total. The fourth-order valence-electron chi connectivity index (χ4n) is 4.72. The number of hydrogen-bond acceptors (Lipinski definition) is 6. The minimum Gasteiger partial charge on any atom is -0.497 e. The summed E-state index contributed by atoms with van der Waals surface area (Å²) in [5.41, 5.74) is 2.48. The van der Waals surface area contributed by atoms with Crippen LogP contribution in [0.4, 0.5) is 0 Å². The Hall–Kier alpha value is -3.75. The summed E-state index contributed by atoms with van der Waals surface area (Å²) < 4.78 is 16.9. The van der Waals surface area contributed by atoms with Crippen LogP contribution in [0.3, 0.4) is 0 Å². The third-order valence-electron chi connectivity index (χ3n) is 6.83. The molecule has 4 aromatic rings. The Balaban J connectivity index is 1.37. The number of ether oxygens (including phenoxy) is 2. The predicted octanol–water partition coefficient (Wildman–Crippen LogP) is 6.16. The maximum absolute atomic E-state index is 13.8. The van der Waals surface area contributed by atoms with E-state index in [9.17, 15) is 9.59 Å². The van der Waals surface area contributed by atoms with Crippen molar-refractivity contribution in [3.8, 4) is 11.5 Å². The van der Waals surface area contributed by atoms with E-state index in [0.717, 1.165) is 17.5 Å². The first-order valence-electron chi connectivity index (χ1n) is 12.6. The SMILES string of the molecule is COc1ccc(C(=O)N(CC(=O)N2CCc3sccc3[C@@H]2COc2ccc(Cl)c(C)c2)Cc2ccco2)cc1. The number of halogens is 1. The van der Waals surface area contributed by atoms with E-state index in [0.29, 0.717) is 41.0 Å². The van der Waals surface area contributed by atoms with E-state index in [1.165, 1.54) is 9.78 Å². The maximum atomic E-state index is 13.8. The molecule has 1 aliphatic heterocycles. The summed E-state index contributed by atoms with van der Waals surface area (Å²) in [5.74, 6) is 1.53. The highest BCUT2D eigenvalue weighted by Gasteiger charge is 2.34. The van der Waals surface area contributed by atoms with Gasteiger partial charge in [0, 0.05) is 22.0 Å². The molecular formula is C30H29ClN2O5S. The van der Waals surface area contributed by atoms with Crippen molar-refractivity contribution in [1.82, 2.24) is 9.80 Å². The van der Waals surface area contributed by atoms with Gasteiger partial charge in [-0.25, -0.2) is 0 Å². The molecule has 0 saturated heterocycles. The van der Waals surface area contributed by atoms with Gasteiger partial charge >= 0.3 is 0 Å². The standard InChI is InChI=1S/C30H29ClN2O5S/c1-20-16-23(9-10-26(20)31)38-19-27-25-12-15-39-28(25)11-13-33(27)29(34)18-32(17-24-4-3-14-37-24)30(35)21-5-7-22(36-2)8-6-21/h3-10,12,14-16,27H,11,13,17-19H2,1-2H3/t27-/m0/s1. The molecule has 2 aromatic carbocycles. The van der Waals surface area contributed by atoms with Gasteiger partial charge in [0.2, 0.25) is 5.91 Å². The van der Waals surface area contributed by atoms with E-state index in [4.69, 9.17) is 25.5 Å². The van der Waals surface area contributed by atoms with Gasteiger partial charge in [-0.05, 0) is 90.5 Å². The summed E-state index contributed by atoms with van der Waals surface area (Å²) in [5, 5.41) is 2.73. The fourth-order valence-corrected chi connectivity index (χ4v) is 5.76. The maximum Gasteiger partial charge on any atom is 0.254 e. The molecule has 0 radical (unpaired) electrons. The Kier molecular flexibility index (Phi) is 8.24. The third kappa shape index (κ3) is 6.13. The topological polar surface area (TPSA) is 72.2 Å². The van der Waals surface area contributed by atoms with Gasteiger partial charge in [0.05, 0.1) is 26.0 Å². The Labute approximate surface area is 236 Å². The highest BCUT2D eigenvalue weighted by atomic mass is 35.5. The number of fused-ring (bicyclic) bond motifs is 1. The average Bonchev–Trinajstić information content (AvgIpc) is 3.65. The first-order chi connectivity index (χ1) is 18.9. The van der Waals surface area contributed by atoms with Crippen molar-refractivity contribution >= 4 is 34.8 Å². The van der Waals surface area contributed by atoms with E-state index in [1.54, 1.807) is 61.1 Å². The Bertz CT molecular complexity index is 1430. The van der Waals surface area contributed by atoms with E-state index in [-0.39, 0.29) is 30.9 Å². The molecule has 1 atom stereocenters. The first-order valence-corrected chi connectivity index (χ1v) is 13.9. The van der Waals surface area contributed by atoms with Crippen LogP contribution >= 0.6 is 22.9 Å². The van der Waals surface area contributed by atoms with Crippen LogP contribution in [0.2, 0.25) is 5.02 Å². The molecule has 202 valence electrons. The summed E-state index contributed by atoms with van der Waals surface area (Å²) in [7, 11) is 1.57. The van der Waals surface area contributed by atoms with E-state index in [2.05, 4.69) is 11.4 Å². The van der Waals surface area contributed by atoms with Gasteiger partial charge in [0.1, 0.15) is 30.4 Å². The lowest BCUT2D eigenvalue weighted by Crippen LogP contribution is -2.47. The van der Waals surface area contributed by atoms with E-state index in [1.807, 2.05) is 30.0 Å². The van der Waals surface area contributed by atoms with Crippen LogP contribution in [0.15, 0.2) is 76.7 Å². The molecule has 0 fully saturated rings. The number of aryl methyl sites for hydroxylation is 1. The van der Waals surface area contributed by atoms with Gasteiger partial charge in [0.25, 0.3) is 5.91 Å². The monoisotopic (exact) mass is 564 g/mol. The quantitative estimate of drug-likeness (QED) is 0.243. The Morgan fingerprint density at radius 2 is 1.92 bits per heavy atom. The van der Waals surface area contributed by atoms with Crippen LogP contribution in [-0.2, 0) is 17.8 Å². The second kappa shape index (κ2) is 12.0. The van der Waals surface area contributed by atoms with Crippen molar-refractivity contribution < 1.29 is 23.5 Å². The van der Waals surface area contributed by atoms with Crippen molar-refractivity contribution in [2.75, 3.05) is 26.8 Å². The molecule has 1 aliphatic rings. The summed E-state index contributed by atoms with van der Waals surface area (Å²) >= 11 is 7.87. The molecule has 0 bridgehead atoms. The molecule has 7 nitrogen and oxygen atoms in total. The average molecular weight is 565 g/mol. The molecule has 2 amide bonds. The summed E-state index contributed by atoms with van der Waals surface area (Å²) in [6.07, 6.45) is 2.32. The molecule has 0 unspecified atom stereocenters. The number of hydrogen-bond donors (Lipinski definition) is 0. The smallest absolute Gasteiger partial charge is 0.254 e. The predicted molar refractivity (Wildman–Crippen MR) is 151 cm³/mol. The molecule has 5 rings (SSSR count). The lowest BCUT2D eigenvalue weighted by molar-refractivity contribution is -0.135. The molecule has 9 heteroatoms. The lowest BCUT2D eigenvalue weighted by Gasteiger charge is -2.37. The zero-order chi connectivity index (χ0) is 27.4. The van der Waals surface area contributed by atoms with Crippen LogP contribution in [0.25, 0.3) is 0 Å². The van der Waals surface area contributed by atoms with Gasteiger partial charge < -0.3 is 23.7 Å². The normalized spacial score (nSPS) is 14.5. The van der Waals surface area contributed by atoms with Gasteiger partial charge in [-0.2, -0.15) is 0 Å². The highest BCUT2D eigenvalue weighted by molar-refractivity contribution is 7.10. The molecule has 3 heterocycles. The molecule has 0 saturated carbocycles. The number of furan rings is 1. The molecule has 39 heavy (non-hydrogen) atoms.